The van der Waals surface area contributed by atoms with E-state index in [4.69, 9.17) is 14.9 Å². The number of unbranched alkanes of at least 4 members (excludes halogenated alkanes) is 3. The number of carbonyl (C=O) groups is 1. The highest BCUT2D eigenvalue weighted by atomic mass is 16.5. The highest BCUT2D eigenvalue weighted by Gasteiger charge is 2.10. The van der Waals surface area contributed by atoms with Gasteiger partial charge < -0.3 is 25.2 Å². The summed E-state index contributed by atoms with van der Waals surface area (Å²) in [6.07, 6.45) is 22.5. The Morgan fingerprint density at radius 1 is 0.903 bits per heavy atom. The number of hydrogen-bond donors (Lipinski definition) is 4. The largest absolute Gasteiger partial charge is 0.463 e. The standard InChI is InChI=1S/C25H40O6/c1-2-3-14-17-23(28)24(29)18-15-12-10-8-6-4-5-7-9-11-13-16-19-25(30)31-21-22(27)20-26/h3,5-8,10,12,14-15,18,22-24,26-29H,2,4,9,11,13,16-17,19-21H2,1H3. The van der Waals surface area contributed by atoms with Gasteiger partial charge in [-0.05, 0) is 38.5 Å². The number of hydrogen-bond acceptors (Lipinski definition) is 6. The number of aliphatic hydroxyl groups is 4. The minimum Gasteiger partial charge on any atom is -0.463 e. The molecule has 0 saturated heterocycles. The maximum atomic E-state index is 11.4. The predicted molar refractivity (Wildman–Crippen MR) is 124 cm³/mol. The van der Waals surface area contributed by atoms with Gasteiger partial charge in [0, 0.05) is 6.42 Å². The summed E-state index contributed by atoms with van der Waals surface area (Å²) < 4.78 is 4.84. The van der Waals surface area contributed by atoms with Gasteiger partial charge in [0.2, 0.25) is 0 Å². The van der Waals surface area contributed by atoms with Crippen molar-refractivity contribution in [2.75, 3.05) is 13.2 Å². The Hall–Kier alpha value is -1.99. The van der Waals surface area contributed by atoms with E-state index < -0.39 is 24.9 Å². The third-order valence-corrected chi connectivity index (χ3v) is 4.29. The molecule has 0 heterocycles. The molecule has 0 spiro atoms. The van der Waals surface area contributed by atoms with Crippen LogP contribution in [0.1, 0.15) is 58.3 Å². The first-order valence-corrected chi connectivity index (χ1v) is 11.1. The fraction of sp³-hybridized carbons (Fsp3) is 0.560. The predicted octanol–water partition coefficient (Wildman–Crippen LogP) is 3.53. The molecule has 31 heavy (non-hydrogen) atoms. The summed E-state index contributed by atoms with van der Waals surface area (Å²) in [6, 6.07) is 0. The smallest absolute Gasteiger partial charge is 0.305 e. The van der Waals surface area contributed by atoms with Crippen molar-refractivity contribution in [2.45, 2.75) is 76.6 Å². The van der Waals surface area contributed by atoms with E-state index in [1.54, 1.807) is 12.2 Å². The second-order valence-corrected chi connectivity index (χ2v) is 7.20. The molecule has 0 amide bonds. The van der Waals surface area contributed by atoms with Crippen molar-refractivity contribution in [3.8, 4) is 0 Å². The van der Waals surface area contributed by atoms with E-state index in [1.807, 2.05) is 43.4 Å². The molecule has 176 valence electrons. The Balaban J connectivity index is 3.72. The number of ether oxygens (including phenoxy) is 1. The molecule has 3 atom stereocenters. The number of aliphatic hydroxyl groups excluding tert-OH is 4. The number of esters is 1. The Morgan fingerprint density at radius 3 is 2.42 bits per heavy atom. The van der Waals surface area contributed by atoms with Crippen molar-refractivity contribution in [1.82, 2.24) is 0 Å². The summed E-state index contributed by atoms with van der Waals surface area (Å²) in [6.45, 7) is 1.46. The van der Waals surface area contributed by atoms with E-state index in [0.717, 1.165) is 38.5 Å². The van der Waals surface area contributed by atoms with Gasteiger partial charge in [-0.15, -0.1) is 0 Å². The van der Waals surface area contributed by atoms with E-state index in [0.29, 0.717) is 12.8 Å². The molecule has 6 nitrogen and oxygen atoms in total. The van der Waals surface area contributed by atoms with Crippen molar-refractivity contribution in [1.29, 1.82) is 0 Å². The Morgan fingerprint density at radius 2 is 1.68 bits per heavy atom. The molecule has 0 saturated carbocycles. The molecule has 0 rings (SSSR count). The highest BCUT2D eigenvalue weighted by Crippen LogP contribution is 2.06. The van der Waals surface area contributed by atoms with Gasteiger partial charge in [-0.1, -0.05) is 74.1 Å². The van der Waals surface area contributed by atoms with Crippen molar-refractivity contribution in [3.63, 3.8) is 0 Å². The molecule has 0 fully saturated rings. The van der Waals surface area contributed by atoms with Crippen LogP contribution in [0, 0.1) is 0 Å². The molecule has 4 N–H and O–H groups in total. The summed E-state index contributed by atoms with van der Waals surface area (Å²) in [5, 5.41) is 37.3. The second kappa shape index (κ2) is 21.2. The van der Waals surface area contributed by atoms with Crippen LogP contribution in [0.2, 0.25) is 0 Å². The molecule has 0 aliphatic rings. The monoisotopic (exact) mass is 436 g/mol. The summed E-state index contributed by atoms with van der Waals surface area (Å²) in [5.74, 6) is -0.342. The molecule has 0 aliphatic carbocycles. The molecule has 0 aromatic heterocycles. The quantitative estimate of drug-likeness (QED) is 0.113. The van der Waals surface area contributed by atoms with E-state index in [1.165, 1.54) is 0 Å². The minimum atomic E-state index is -1.00. The first-order chi connectivity index (χ1) is 15.0. The van der Waals surface area contributed by atoms with Crippen molar-refractivity contribution in [2.24, 2.45) is 0 Å². The summed E-state index contributed by atoms with van der Waals surface area (Å²) in [7, 11) is 0. The van der Waals surface area contributed by atoms with Crippen LogP contribution in [0.4, 0.5) is 0 Å². The van der Waals surface area contributed by atoms with Crippen LogP contribution < -0.4 is 0 Å². The number of allylic oxidation sites excluding steroid dienone is 8. The lowest BCUT2D eigenvalue weighted by atomic mass is 10.1. The van der Waals surface area contributed by atoms with Crippen molar-refractivity contribution >= 4 is 5.97 Å². The third kappa shape index (κ3) is 19.7. The van der Waals surface area contributed by atoms with Crippen LogP contribution >= 0.6 is 0 Å². The van der Waals surface area contributed by atoms with E-state index in [2.05, 4.69) is 12.2 Å². The normalized spacial score (nSPS) is 15.6. The maximum absolute atomic E-state index is 11.4. The Labute approximate surface area is 187 Å². The zero-order chi connectivity index (χ0) is 23.2. The van der Waals surface area contributed by atoms with Crippen LogP contribution in [0.25, 0.3) is 0 Å². The average molecular weight is 437 g/mol. The molecule has 0 radical (unpaired) electrons. The fourth-order valence-electron chi connectivity index (χ4n) is 2.45. The van der Waals surface area contributed by atoms with Gasteiger partial charge in [-0.25, -0.2) is 0 Å². The molecule has 6 heteroatoms. The highest BCUT2D eigenvalue weighted by molar-refractivity contribution is 5.69. The Kier molecular flexibility index (Phi) is 19.9. The Bertz CT molecular complexity index is 577. The molecule has 3 unspecified atom stereocenters. The molecular formula is C25H40O6. The molecule has 0 aliphatic heterocycles. The van der Waals surface area contributed by atoms with Gasteiger partial charge >= 0.3 is 5.97 Å². The lowest BCUT2D eigenvalue weighted by molar-refractivity contribution is -0.147. The third-order valence-electron chi connectivity index (χ3n) is 4.29. The van der Waals surface area contributed by atoms with Gasteiger partial charge in [-0.3, -0.25) is 4.79 Å². The molecule has 0 aromatic carbocycles. The minimum absolute atomic E-state index is 0.154. The van der Waals surface area contributed by atoms with Crippen LogP contribution in [0.15, 0.2) is 60.8 Å². The average Bonchev–Trinajstić information content (AvgIpc) is 2.77. The molecule has 0 bridgehead atoms. The zero-order valence-corrected chi connectivity index (χ0v) is 18.7. The SMILES string of the molecule is CCC=CCC(O)C(O)C=CC=CC=CCC=CCCCCCC(=O)OCC(O)CO. The summed E-state index contributed by atoms with van der Waals surface area (Å²) in [5.41, 5.74) is 0. The van der Waals surface area contributed by atoms with Gasteiger partial charge in [0.1, 0.15) is 12.7 Å². The van der Waals surface area contributed by atoms with Crippen LogP contribution in [0.3, 0.4) is 0 Å². The summed E-state index contributed by atoms with van der Waals surface area (Å²) >= 11 is 0. The fourth-order valence-corrected chi connectivity index (χ4v) is 2.45. The van der Waals surface area contributed by atoms with Crippen LogP contribution in [0.5, 0.6) is 0 Å². The van der Waals surface area contributed by atoms with E-state index >= 15 is 0 Å². The number of carbonyl (C=O) groups excluding carboxylic acids is 1. The van der Waals surface area contributed by atoms with E-state index in [-0.39, 0.29) is 12.6 Å². The van der Waals surface area contributed by atoms with Crippen molar-refractivity contribution in [3.05, 3.63) is 60.8 Å². The van der Waals surface area contributed by atoms with Gasteiger partial charge in [-0.2, -0.15) is 0 Å². The van der Waals surface area contributed by atoms with Gasteiger partial charge in [0.25, 0.3) is 0 Å². The second-order valence-electron chi connectivity index (χ2n) is 7.20. The van der Waals surface area contributed by atoms with Crippen molar-refractivity contribution < 1.29 is 30.0 Å². The molecular weight excluding hydrogens is 396 g/mol. The van der Waals surface area contributed by atoms with Crippen LogP contribution in [-0.2, 0) is 9.53 Å². The first-order valence-electron chi connectivity index (χ1n) is 11.1. The number of rotatable bonds is 18. The van der Waals surface area contributed by atoms with Gasteiger partial charge in [0.15, 0.2) is 0 Å². The lowest BCUT2D eigenvalue weighted by Gasteiger charge is -2.11. The van der Waals surface area contributed by atoms with Gasteiger partial charge in [0.05, 0.1) is 18.8 Å². The zero-order valence-electron chi connectivity index (χ0n) is 18.7. The van der Waals surface area contributed by atoms with Crippen LogP contribution in [-0.4, -0.2) is 57.9 Å². The lowest BCUT2D eigenvalue weighted by Crippen LogP contribution is -2.22. The molecule has 0 aromatic rings. The first kappa shape index (κ1) is 29.0. The summed E-state index contributed by atoms with van der Waals surface area (Å²) in [4.78, 5) is 11.4. The van der Waals surface area contributed by atoms with E-state index in [9.17, 15) is 15.0 Å². The topological polar surface area (TPSA) is 107 Å². The maximum Gasteiger partial charge on any atom is 0.305 e.